The number of nitro benzene ring substituents is 1. The van der Waals surface area contributed by atoms with Gasteiger partial charge in [-0.2, -0.15) is 17.6 Å². The fourth-order valence-corrected chi connectivity index (χ4v) is 2.58. The molecule has 0 aliphatic rings. The number of nitrogens with one attached hydrogen (secondary N) is 1. The van der Waals surface area contributed by atoms with E-state index in [1.807, 2.05) is 0 Å². The quantitative estimate of drug-likeness (QED) is 0.522. The summed E-state index contributed by atoms with van der Waals surface area (Å²) in [5.74, 6) is -1.28. The predicted octanol–water partition coefficient (Wildman–Crippen LogP) is 1.88. The Bertz CT molecular complexity index is 642. The maximum absolute atomic E-state index is 13.2. The summed E-state index contributed by atoms with van der Waals surface area (Å²) in [5, 5.41) is 10.5. The summed E-state index contributed by atoms with van der Waals surface area (Å²) in [4.78, 5) is 8.55. The van der Waals surface area contributed by atoms with Gasteiger partial charge in [-0.05, 0) is 18.6 Å². The number of benzene rings is 1. The number of aryl methyl sites for hydroxylation is 1. The van der Waals surface area contributed by atoms with Crippen molar-refractivity contribution in [2.75, 3.05) is 6.54 Å². The fourth-order valence-electron chi connectivity index (χ4n) is 1.33. The van der Waals surface area contributed by atoms with Gasteiger partial charge in [-0.3, -0.25) is 10.1 Å². The van der Waals surface area contributed by atoms with Crippen LogP contribution in [0.15, 0.2) is 17.0 Å². The molecule has 0 radical (unpaired) electrons. The van der Waals surface area contributed by atoms with Gasteiger partial charge in [-0.25, -0.2) is 13.1 Å². The molecule has 0 amide bonds. The van der Waals surface area contributed by atoms with E-state index in [0.717, 1.165) is 6.92 Å². The van der Waals surface area contributed by atoms with E-state index in [1.54, 1.807) is 0 Å². The highest BCUT2D eigenvalue weighted by atomic mass is 32.2. The van der Waals surface area contributed by atoms with E-state index in [0.29, 0.717) is 12.1 Å². The zero-order valence-electron chi connectivity index (χ0n) is 9.86. The van der Waals surface area contributed by atoms with Crippen LogP contribution in [0.3, 0.4) is 0 Å². The van der Waals surface area contributed by atoms with Crippen LogP contribution in [0.25, 0.3) is 0 Å². The van der Waals surface area contributed by atoms with Gasteiger partial charge in [0.15, 0.2) is 0 Å². The molecule has 0 saturated heterocycles. The second kappa shape index (κ2) is 5.32. The number of alkyl halides is 3. The minimum absolute atomic E-state index is 0.247. The molecule has 0 aliphatic carbocycles. The van der Waals surface area contributed by atoms with Crippen LogP contribution in [0.2, 0.25) is 0 Å². The van der Waals surface area contributed by atoms with Gasteiger partial charge in [0.1, 0.15) is 6.54 Å². The molecular weight excluding hydrogens is 308 g/mol. The zero-order chi connectivity index (χ0) is 15.7. The monoisotopic (exact) mass is 316 g/mol. The van der Waals surface area contributed by atoms with Gasteiger partial charge < -0.3 is 0 Å². The van der Waals surface area contributed by atoms with Crippen molar-refractivity contribution >= 4 is 15.7 Å². The molecule has 0 unspecified atom stereocenters. The summed E-state index contributed by atoms with van der Waals surface area (Å²) >= 11 is 0. The Morgan fingerprint density at radius 1 is 1.35 bits per heavy atom. The first kappa shape index (κ1) is 16.3. The molecule has 0 spiro atoms. The molecule has 20 heavy (non-hydrogen) atoms. The van der Waals surface area contributed by atoms with Crippen molar-refractivity contribution in [2.24, 2.45) is 0 Å². The predicted molar refractivity (Wildman–Crippen MR) is 59.0 cm³/mol. The van der Waals surface area contributed by atoms with Crippen molar-refractivity contribution in [3.63, 3.8) is 0 Å². The van der Waals surface area contributed by atoms with Crippen molar-refractivity contribution in [3.05, 3.63) is 33.6 Å². The second-order valence-corrected chi connectivity index (χ2v) is 5.50. The Hall–Kier alpha value is -1.75. The van der Waals surface area contributed by atoms with Gasteiger partial charge in [-0.15, -0.1) is 0 Å². The number of halogens is 4. The first-order valence-electron chi connectivity index (χ1n) is 4.95. The number of nitrogens with zero attached hydrogens (tertiary/aromatic N) is 1. The van der Waals surface area contributed by atoms with Crippen LogP contribution in [-0.2, 0) is 10.0 Å². The Balaban J connectivity index is 3.25. The summed E-state index contributed by atoms with van der Waals surface area (Å²) in [7, 11) is -4.64. The lowest BCUT2D eigenvalue weighted by Crippen LogP contribution is -2.34. The highest BCUT2D eigenvalue weighted by Crippen LogP contribution is 2.25. The fraction of sp³-hybridized carbons (Fsp3) is 0.333. The van der Waals surface area contributed by atoms with E-state index in [1.165, 1.54) is 4.72 Å². The van der Waals surface area contributed by atoms with E-state index in [-0.39, 0.29) is 5.56 Å². The molecule has 0 bridgehead atoms. The third kappa shape index (κ3) is 3.87. The van der Waals surface area contributed by atoms with Crippen LogP contribution in [0.5, 0.6) is 0 Å². The average molecular weight is 316 g/mol. The van der Waals surface area contributed by atoms with Gasteiger partial charge in [0, 0.05) is 6.07 Å². The first-order valence-corrected chi connectivity index (χ1v) is 6.43. The molecule has 1 aromatic carbocycles. The van der Waals surface area contributed by atoms with E-state index < -0.39 is 44.1 Å². The Kier molecular flexibility index (Phi) is 4.34. The average Bonchev–Trinajstić information content (AvgIpc) is 2.24. The van der Waals surface area contributed by atoms with Crippen LogP contribution >= 0.6 is 0 Å². The van der Waals surface area contributed by atoms with Crippen LogP contribution in [0.4, 0.5) is 23.2 Å². The van der Waals surface area contributed by atoms with Gasteiger partial charge >= 0.3 is 11.9 Å². The van der Waals surface area contributed by atoms with Crippen LogP contribution < -0.4 is 4.72 Å². The van der Waals surface area contributed by atoms with E-state index in [2.05, 4.69) is 0 Å². The molecule has 0 fully saturated rings. The van der Waals surface area contributed by atoms with Crippen molar-refractivity contribution in [2.45, 2.75) is 18.0 Å². The SMILES string of the molecule is Cc1cc(F)c([N+](=O)[O-])cc1S(=O)(=O)NCC(F)(F)F. The number of nitro groups is 1. The van der Waals surface area contributed by atoms with Crippen molar-refractivity contribution in [3.8, 4) is 0 Å². The minimum Gasteiger partial charge on any atom is -0.258 e. The lowest BCUT2D eigenvalue weighted by atomic mass is 10.2. The highest BCUT2D eigenvalue weighted by Gasteiger charge is 2.31. The van der Waals surface area contributed by atoms with E-state index in [9.17, 15) is 36.1 Å². The molecule has 6 nitrogen and oxygen atoms in total. The Labute approximate surface area is 110 Å². The second-order valence-electron chi connectivity index (χ2n) is 3.77. The van der Waals surface area contributed by atoms with Gasteiger partial charge in [0.05, 0.1) is 9.82 Å². The Morgan fingerprint density at radius 2 is 1.90 bits per heavy atom. The molecule has 0 aromatic heterocycles. The minimum atomic E-state index is -4.78. The molecule has 1 rings (SSSR count). The molecule has 0 aliphatic heterocycles. The van der Waals surface area contributed by atoms with Crippen LogP contribution in [0, 0.1) is 22.9 Å². The topological polar surface area (TPSA) is 89.3 Å². The molecule has 0 saturated carbocycles. The van der Waals surface area contributed by atoms with Gasteiger partial charge in [0.25, 0.3) is 0 Å². The molecule has 11 heteroatoms. The largest absolute Gasteiger partial charge is 0.402 e. The molecule has 1 N–H and O–H groups in total. The maximum Gasteiger partial charge on any atom is 0.402 e. The summed E-state index contributed by atoms with van der Waals surface area (Å²) in [5.41, 5.74) is -1.38. The van der Waals surface area contributed by atoms with Crippen molar-refractivity contribution in [1.82, 2.24) is 4.72 Å². The Morgan fingerprint density at radius 3 is 2.35 bits per heavy atom. The summed E-state index contributed by atoms with van der Waals surface area (Å²) < 4.78 is 73.6. The maximum atomic E-state index is 13.2. The standard InChI is InChI=1S/C9H8F4N2O4S/c1-5-2-6(10)7(15(16)17)3-8(5)20(18,19)14-4-9(11,12)13/h2-3,14H,4H2,1H3. The highest BCUT2D eigenvalue weighted by molar-refractivity contribution is 7.89. The molecule has 0 atom stereocenters. The van der Waals surface area contributed by atoms with Crippen molar-refractivity contribution < 1.29 is 30.9 Å². The zero-order valence-corrected chi connectivity index (χ0v) is 10.7. The summed E-state index contributed by atoms with van der Waals surface area (Å²) in [6, 6.07) is 0.948. The number of sulfonamides is 1. The van der Waals surface area contributed by atoms with E-state index in [4.69, 9.17) is 0 Å². The van der Waals surface area contributed by atoms with Crippen LogP contribution in [-0.4, -0.2) is 26.1 Å². The summed E-state index contributed by atoms with van der Waals surface area (Å²) in [6.07, 6.45) is -4.78. The number of hydrogen-bond donors (Lipinski definition) is 1. The molecular formula is C9H8F4N2O4S. The smallest absolute Gasteiger partial charge is 0.258 e. The molecule has 112 valence electrons. The van der Waals surface area contributed by atoms with Gasteiger partial charge in [0.2, 0.25) is 15.8 Å². The summed E-state index contributed by atoms with van der Waals surface area (Å²) in [6.45, 7) is -0.727. The third-order valence-electron chi connectivity index (χ3n) is 2.19. The lowest BCUT2D eigenvalue weighted by Gasteiger charge is -2.11. The third-order valence-corrected chi connectivity index (χ3v) is 3.74. The number of hydrogen-bond acceptors (Lipinski definition) is 4. The van der Waals surface area contributed by atoms with Crippen molar-refractivity contribution in [1.29, 1.82) is 0 Å². The molecule has 1 aromatic rings. The van der Waals surface area contributed by atoms with Crippen LogP contribution in [0.1, 0.15) is 5.56 Å². The molecule has 0 heterocycles. The lowest BCUT2D eigenvalue weighted by molar-refractivity contribution is -0.387. The normalized spacial score (nSPS) is 12.4. The number of rotatable bonds is 4. The first-order chi connectivity index (χ1) is 8.94. The van der Waals surface area contributed by atoms with Gasteiger partial charge in [-0.1, -0.05) is 0 Å². The van der Waals surface area contributed by atoms with E-state index >= 15 is 0 Å².